The van der Waals surface area contributed by atoms with E-state index in [0.29, 0.717) is 18.8 Å². The van der Waals surface area contributed by atoms with Crippen molar-refractivity contribution < 1.29 is 27.8 Å². The first kappa shape index (κ1) is 24.6. The van der Waals surface area contributed by atoms with E-state index in [-0.39, 0.29) is 43.1 Å². The molecule has 4 rings (SSSR count). The van der Waals surface area contributed by atoms with Gasteiger partial charge in [0.1, 0.15) is 0 Å². The third-order valence-electron chi connectivity index (χ3n) is 7.01. The molecule has 0 bridgehead atoms. The lowest BCUT2D eigenvalue weighted by Crippen LogP contribution is -2.57. The van der Waals surface area contributed by atoms with Gasteiger partial charge in [0, 0.05) is 13.1 Å². The minimum atomic E-state index is -3.81. The molecule has 4 atom stereocenters. The molecule has 2 aliphatic heterocycles. The molecule has 8 nitrogen and oxygen atoms in total. The Morgan fingerprint density at radius 1 is 1.06 bits per heavy atom. The van der Waals surface area contributed by atoms with E-state index < -0.39 is 28.3 Å². The number of fused-ring (bicyclic) bond motifs is 1. The molecule has 1 aliphatic carbocycles. The normalized spacial score (nSPS) is 30.1. The number of sulfonamides is 1. The van der Waals surface area contributed by atoms with E-state index in [1.54, 1.807) is 30.3 Å². The number of hydrogen-bond donors (Lipinski definition) is 2. The number of aliphatic hydroxyl groups is 1. The molecule has 0 radical (unpaired) electrons. The molecule has 1 amide bonds. The number of carbonyl (C=O) groups is 1. The lowest BCUT2D eigenvalue weighted by molar-refractivity contribution is -0.146. The number of aliphatic hydroxyl groups excluding tert-OH is 1. The molecule has 184 valence electrons. The lowest BCUT2D eigenvalue weighted by Gasteiger charge is -2.43. The number of hydrogen-bond acceptors (Lipinski definition) is 6. The minimum Gasteiger partial charge on any atom is -0.389 e. The van der Waals surface area contributed by atoms with Crippen LogP contribution in [0.2, 0.25) is 0 Å². The van der Waals surface area contributed by atoms with Gasteiger partial charge < -0.3 is 19.9 Å². The van der Waals surface area contributed by atoms with Crippen molar-refractivity contribution >= 4 is 15.9 Å². The zero-order valence-electron chi connectivity index (χ0n) is 19.1. The fourth-order valence-electron chi connectivity index (χ4n) is 5.23. The molecule has 0 unspecified atom stereocenters. The second kappa shape index (κ2) is 11.3. The molecular weight excluding hydrogens is 444 g/mol. The Bertz CT molecular complexity index is 874. The van der Waals surface area contributed by atoms with Gasteiger partial charge in [-0.25, -0.2) is 8.42 Å². The second-order valence-corrected chi connectivity index (χ2v) is 11.4. The van der Waals surface area contributed by atoms with Crippen molar-refractivity contribution in [1.29, 1.82) is 0 Å². The van der Waals surface area contributed by atoms with Crippen LogP contribution in [-0.4, -0.2) is 74.4 Å². The first-order valence-electron chi connectivity index (χ1n) is 12.2. The summed E-state index contributed by atoms with van der Waals surface area (Å²) in [4.78, 5) is 12.7. The van der Waals surface area contributed by atoms with Crippen LogP contribution in [0.5, 0.6) is 0 Å². The topological polar surface area (TPSA) is 105 Å². The summed E-state index contributed by atoms with van der Waals surface area (Å²) in [5, 5.41) is 13.4. The summed E-state index contributed by atoms with van der Waals surface area (Å²) in [6, 6.07) is 7.82. The van der Waals surface area contributed by atoms with E-state index in [9.17, 15) is 18.3 Å². The Morgan fingerprint density at radius 2 is 1.82 bits per heavy atom. The van der Waals surface area contributed by atoms with Gasteiger partial charge in [0.15, 0.2) is 0 Å². The summed E-state index contributed by atoms with van der Waals surface area (Å²) in [5.41, 5.74) is 0. The average molecular weight is 481 g/mol. The summed E-state index contributed by atoms with van der Waals surface area (Å²) >= 11 is 0. The van der Waals surface area contributed by atoms with E-state index in [1.165, 1.54) is 36.4 Å². The standard InChI is InChI=1S/C24H36N2O6S/c27-19-15-26(33(29,30)21-9-5-2-6-10-21)22-12-11-20(32-23(22)17-31-16-19)13-24(28)25-14-18-7-3-1-4-8-18/h2,5-6,9-10,18-20,22-23,27H,1,3-4,7-8,11-17H2,(H,25,28)/t19-,20-,22+,23-/m0/s1. The number of amides is 1. The Labute approximate surface area is 196 Å². The number of carbonyl (C=O) groups excluding carboxylic acids is 1. The number of β-amino-alcohol motifs (C(OH)–C–C–N with tert-alkyl or cyclic N) is 1. The van der Waals surface area contributed by atoms with Crippen LogP contribution in [0.1, 0.15) is 51.4 Å². The third-order valence-corrected chi connectivity index (χ3v) is 8.91. The Morgan fingerprint density at radius 3 is 2.58 bits per heavy atom. The van der Waals surface area contributed by atoms with Crippen molar-refractivity contribution in [2.24, 2.45) is 5.92 Å². The van der Waals surface area contributed by atoms with Crippen LogP contribution in [0.25, 0.3) is 0 Å². The van der Waals surface area contributed by atoms with Gasteiger partial charge in [0.25, 0.3) is 0 Å². The number of benzene rings is 1. The molecule has 0 aromatic heterocycles. The first-order chi connectivity index (χ1) is 15.9. The van der Waals surface area contributed by atoms with Crippen LogP contribution >= 0.6 is 0 Å². The fraction of sp³-hybridized carbons (Fsp3) is 0.708. The Balaban J connectivity index is 1.39. The zero-order chi connectivity index (χ0) is 23.3. The van der Waals surface area contributed by atoms with E-state index in [1.807, 2.05) is 0 Å². The summed E-state index contributed by atoms with van der Waals surface area (Å²) in [5.74, 6) is 0.557. The van der Waals surface area contributed by atoms with Crippen LogP contribution in [-0.2, 0) is 24.3 Å². The molecule has 1 aromatic carbocycles. The van der Waals surface area contributed by atoms with Gasteiger partial charge in [-0.05, 0) is 43.7 Å². The van der Waals surface area contributed by atoms with E-state index >= 15 is 0 Å². The van der Waals surface area contributed by atoms with Crippen LogP contribution in [0, 0.1) is 5.92 Å². The van der Waals surface area contributed by atoms with Crippen molar-refractivity contribution in [3.63, 3.8) is 0 Å². The van der Waals surface area contributed by atoms with Gasteiger partial charge in [-0.2, -0.15) is 4.31 Å². The van der Waals surface area contributed by atoms with E-state index in [0.717, 1.165) is 6.54 Å². The van der Waals surface area contributed by atoms with E-state index in [4.69, 9.17) is 9.47 Å². The Kier molecular flexibility index (Phi) is 8.40. The minimum absolute atomic E-state index is 0.0139. The first-order valence-corrected chi connectivity index (χ1v) is 13.6. The molecular formula is C24H36N2O6S. The predicted octanol–water partition coefficient (Wildman–Crippen LogP) is 2.07. The number of ether oxygens (including phenoxy) is 2. The van der Waals surface area contributed by atoms with Gasteiger partial charge in [-0.15, -0.1) is 0 Å². The molecule has 1 saturated carbocycles. The highest BCUT2D eigenvalue weighted by Gasteiger charge is 2.43. The number of rotatable bonds is 6. The van der Waals surface area contributed by atoms with Crippen LogP contribution in [0.3, 0.4) is 0 Å². The van der Waals surface area contributed by atoms with Crippen molar-refractivity contribution in [2.75, 3.05) is 26.3 Å². The maximum Gasteiger partial charge on any atom is 0.243 e. The lowest BCUT2D eigenvalue weighted by atomic mass is 9.89. The molecule has 2 saturated heterocycles. The van der Waals surface area contributed by atoms with Gasteiger partial charge in [0.2, 0.25) is 15.9 Å². The van der Waals surface area contributed by atoms with Gasteiger partial charge in [-0.1, -0.05) is 37.5 Å². The predicted molar refractivity (Wildman–Crippen MR) is 123 cm³/mol. The average Bonchev–Trinajstić information content (AvgIpc) is 2.82. The largest absolute Gasteiger partial charge is 0.389 e. The molecule has 2 N–H and O–H groups in total. The molecule has 2 heterocycles. The van der Waals surface area contributed by atoms with Crippen molar-refractivity contribution in [3.8, 4) is 0 Å². The highest BCUT2D eigenvalue weighted by Crippen LogP contribution is 2.31. The number of nitrogens with zero attached hydrogens (tertiary/aromatic N) is 1. The SMILES string of the molecule is O=C(C[C@@H]1CC[C@@H]2[C@H](COC[C@@H](O)CN2S(=O)(=O)c2ccccc2)O1)NCC1CCCCC1. The quantitative estimate of drug-likeness (QED) is 0.646. The molecule has 0 spiro atoms. The molecule has 33 heavy (non-hydrogen) atoms. The second-order valence-electron chi connectivity index (χ2n) is 9.53. The van der Waals surface area contributed by atoms with Gasteiger partial charge in [0.05, 0.1) is 48.9 Å². The summed E-state index contributed by atoms with van der Waals surface area (Å²) in [7, 11) is -3.81. The monoisotopic (exact) mass is 480 g/mol. The van der Waals surface area contributed by atoms with Crippen molar-refractivity contribution in [1.82, 2.24) is 9.62 Å². The molecule has 9 heteroatoms. The third kappa shape index (κ3) is 6.33. The maximum absolute atomic E-state index is 13.4. The highest BCUT2D eigenvalue weighted by atomic mass is 32.2. The van der Waals surface area contributed by atoms with Crippen LogP contribution < -0.4 is 5.32 Å². The maximum atomic E-state index is 13.4. The highest BCUT2D eigenvalue weighted by molar-refractivity contribution is 7.89. The van der Waals surface area contributed by atoms with Crippen LogP contribution in [0.15, 0.2) is 35.2 Å². The summed E-state index contributed by atoms with van der Waals surface area (Å²) < 4.78 is 40.0. The Hall–Kier alpha value is -1.52. The smallest absolute Gasteiger partial charge is 0.243 e. The molecule has 3 fully saturated rings. The zero-order valence-corrected chi connectivity index (χ0v) is 19.9. The molecule has 1 aromatic rings. The molecule has 3 aliphatic rings. The van der Waals surface area contributed by atoms with Crippen molar-refractivity contribution in [3.05, 3.63) is 30.3 Å². The summed E-state index contributed by atoms with van der Waals surface area (Å²) in [6.07, 6.45) is 5.86. The van der Waals surface area contributed by atoms with Crippen LogP contribution in [0.4, 0.5) is 0 Å². The van der Waals surface area contributed by atoms with Gasteiger partial charge >= 0.3 is 0 Å². The van der Waals surface area contributed by atoms with Gasteiger partial charge in [-0.3, -0.25) is 4.79 Å². The summed E-state index contributed by atoms with van der Waals surface area (Å²) in [6.45, 7) is 0.901. The van der Waals surface area contributed by atoms with Crippen molar-refractivity contribution in [2.45, 2.75) is 80.6 Å². The van der Waals surface area contributed by atoms with E-state index in [2.05, 4.69) is 5.32 Å². The number of nitrogens with one attached hydrogen (secondary N) is 1. The fourth-order valence-corrected chi connectivity index (χ4v) is 6.96.